The molecule has 8 heteroatoms. The number of urea groups is 1. The van der Waals surface area contributed by atoms with Gasteiger partial charge in [-0.2, -0.15) is 0 Å². The fraction of sp³-hybridized carbons (Fsp3) is 0.652. The maximum Gasteiger partial charge on any atom is 0.319 e. The first kappa shape index (κ1) is 23.8. The lowest BCUT2D eigenvalue weighted by atomic mass is 9.79. The van der Waals surface area contributed by atoms with Crippen molar-refractivity contribution in [3.8, 4) is 0 Å². The Kier molecular flexibility index (Phi) is 8.58. The highest BCUT2D eigenvalue weighted by molar-refractivity contribution is 6.30. The Labute approximate surface area is 190 Å². The van der Waals surface area contributed by atoms with Gasteiger partial charge in [-0.1, -0.05) is 11.6 Å². The normalized spacial score (nSPS) is 20.8. The summed E-state index contributed by atoms with van der Waals surface area (Å²) < 4.78 is 5.41. The number of hydrogen-bond donors (Lipinski definition) is 2. The summed E-state index contributed by atoms with van der Waals surface area (Å²) >= 11 is 5.89. The molecule has 1 aromatic rings. The maximum absolute atomic E-state index is 13.2. The van der Waals surface area contributed by atoms with E-state index in [9.17, 15) is 9.59 Å². The minimum Gasteiger partial charge on any atom is -0.379 e. The molecule has 7 nitrogen and oxygen atoms in total. The molecule has 0 unspecified atom stereocenters. The summed E-state index contributed by atoms with van der Waals surface area (Å²) in [6, 6.07) is 5.65. The molecule has 2 saturated heterocycles. The quantitative estimate of drug-likeness (QED) is 0.696. The summed E-state index contributed by atoms with van der Waals surface area (Å²) in [6.07, 6.45) is 4.14. The number of methoxy groups -OCH3 is 1. The van der Waals surface area contributed by atoms with Gasteiger partial charge in [0.05, 0.1) is 6.10 Å². The molecule has 0 radical (unpaired) electrons. The molecular weight excluding hydrogens is 416 g/mol. The number of nitrogens with zero attached hydrogens (tertiary/aromatic N) is 2. The van der Waals surface area contributed by atoms with Crippen LogP contribution in [-0.4, -0.2) is 74.2 Å². The Morgan fingerprint density at radius 3 is 2.13 bits per heavy atom. The van der Waals surface area contributed by atoms with E-state index in [0.717, 1.165) is 31.8 Å². The topological polar surface area (TPSA) is 73.9 Å². The number of benzene rings is 1. The highest BCUT2D eigenvalue weighted by Crippen LogP contribution is 2.32. The molecule has 0 aromatic heterocycles. The van der Waals surface area contributed by atoms with Gasteiger partial charge in [0, 0.05) is 30.9 Å². The third kappa shape index (κ3) is 6.57. The van der Waals surface area contributed by atoms with Crippen molar-refractivity contribution in [2.75, 3.05) is 45.7 Å². The molecule has 1 aromatic carbocycles. The zero-order valence-corrected chi connectivity index (χ0v) is 19.5. The van der Waals surface area contributed by atoms with Gasteiger partial charge in [-0.3, -0.25) is 4.79 Å². The van der Waals surface area contributed by atoms with Crippen molar-refractivity contribution in [2.24, 2.45) is 11.8 Å². The van der Waals surface area contributed by atoms with E-state index in [2.05, 4.69) is 22.6 Å². The molecule has 2 aliphatic heterocycles. The summed E-state index contributed by atoms with van der Waals surface area (Å²) in [5, 5.41) is 6.15. The Morgan fingerprint density at radius 2 is 1.58 bits per heavy atom. The molecule has 2 N–H and O–H groups in total. The molecule has 3 rings (SSSR count). The number of hydrogen-bond acceptors (Lipinski definition) is 4. The van der Waals surface area contributed by atoms with Gasteiger partial charge in [-0.15, -0.1) is 0 Å². The van der Waals surface area contributed by atoms with Crippen molar-refractivity contribution in [3.63, 3.8) is 0 Å². The number of amides is 3. The van der Waals surface area contributed by atoms with E-state index >= 15 is 0 Å². The van der Waals surface area contributed by atoms with Gasteiger partial charge in [-0.25, -0.2) is 4.79 Å². The van der Waals surface area contributed by atoms with Gasteiger partial charge in [0.15, 0.2) is 0 Å². The minimum atomic E-state index is -0.739. The summed E-state index contributed by atoms with van der Waals surface area (Å²) in [4.78, 5) is 30.0. The van der Waals surface area contributed by atoms with Crippen LogP contribution in [0.5, 0.6) is 0 Å². The van der Waals surface area contributed by atoms with E-state index in [1.165, 1.54) is 25.9 Å². The Bertz CT molecular complexity index is 729. The number of likely N-dealkylation sites (tertiary alicyclic amines) is 2. The fourth-order valence-electron chi connectivity index (χ4n) is 4.65. The zero-order valence-electron chi connectivity index (χ0n) is 18.8. The van der Waals surface area contributed by atoms with Crippen molar-refractivity contribution in [1.29, 1.82) is 0 Å². The molecule has 2 fully saturated rings. The lowest BCUT2D eigenvalue weighted by Crippen LogP contribution is -2.56. The third-order valence-corrected chi connectivity index (χ3v) is 7.03. The Hall–Kier alpha value is -1.83. The van der Waals surface area contributed by atoms with Crippen LogP contribution in [0.15, 0.2) is 24.3 Å². The minimum absolute atomic E-state index is 0.0811. The number of rotatable bonds is 6. The van der Waals surface area contributed by atoms with E-state index in [0.29, 0.717) is 16.6 Å². The van der Waals surface area contributed by atoms with Crippen LogP contribution in [0.1, 0.15) is 32.6 Å². The number of carbonyl (C=O) groups is 2. The number of halogens is 1. The lowest BCUT2D eigenvalue weighted by Gasteiger charge is -2.40. The second-order valence-electron chi connectivity index (χ2n) is 8.83. The molecule has 0 bridgehead atoms. The second kappa shape index (κ2) is 11.2. The van der Waals surface area contributed by atoms with Crippen molar-refractivity contribution in [1.82, 2.24) is 15.1 Å². The standard InChI is InChI=1S/C23H35ClN4O3/c1-16(31-3)21(26-23(30)25-20-6-4-19(24)5-7-20)22(29)28-14-10-18(11-15-28)17-8-12-27(2)13-9-17/h4-7,16-18,21H,8-15H2,1-3H3,(H2,25,26,30)/t16-,21+/m0/s1. The predicted octanol–water partition coefficient (Wildman–Crippen LogP) is 3.45. The van der Waals surface area contributed by atoms with Gasteiger partial charge < -0.3 is 25.2 Å². The predicted molar refractivity (Wildman–Crippen MR) is 123 cm³/mol. The average Bonchev–Trinajstić information content (AvgIpc) is 2.79. The fourth-order valence-corrected chi connectivity index (χ4v) is 4.77. The van der Waals surface area contributed by atoms with Gasteiger partial charge in [0.1, 0.15) is 6.04 Å². The van der Waals surface area contributed by atoms with Gasteiger partial charge in [0.25, 0.3) is 0 Å². The summed E-state index contributed by atoms with van der Waals surface area (Å²) in [7, 11) is 3.74. The third-order valence-electron chi connectivity index (χ3n) is 6.78. The molecular formula is C23H35ClN4O3. The van der Waals surface area contributed by atoms with Crippen molar-refractivity contribution in [3.05, 3.63) is 29.3 Å². The first-order valence-electron chi connectivity index (χ1n) is 11.2. The molecule has 3 amide bonds. The molecule has 0 spiro atoms. The smallest absolute Gasteiger partial charge is 0.319 e. The number of ether oxygens (including phenoxy) is 1. The zero-order chi connectivity index (χ0) is 22.4. The van der Waals surface area contributed by atoms with Crippen LogP contribution in [0, 0.1) is 11.8 Å². The van der Waals surface area contributed by atoms with Crippen LogP contribution < -0.4 is 10.6 Å². The number of nitrogens with one attached hydrogen (secondary N) is 2. The van der Waals surface area contributed by atoms with Crippen molar-refractivity contribution >= 4 is 29.2 Å². The van der Waals surface area contributed by atoms with E-state index in [-0.39, 0.29) is 5.91 Å². The van der Waals surface area contributed by atoms with Crippen molar-refractivity contribution in [2.45, 2.75) is 44.8 Å². The molecule has 172 valence electrons. The monoisotopic (exact) mass is 450 g/mol. The summed E-state index contributed by atoms with van der Waals surface area (Å²) in [5.74, 6) is 1.38. The highest BCUT2D eigenvalue weighted by atomic mass is 35.5. The largest absolute Gasteiger partial charge is 0.379 e. The molecule has 2 aliphatic rings. The molecule has 2 heterocycles. The number of piperidine rings is 2. The number of carbonyl (C=O) groups excluding carboxylic acids is 2. The summed E-state index contributed by atoms with van der Waals surface area (Å²) in [6.45, 7) is 5.62. The van der Waals surface area contributed by atoms with Crippen LogP contribution in [0.4, 0.5) is 10.5 Å². The highest BCUT2D eigenvalue weighted by Gasteiger charge is 2.35. The van der Waals surface area contributed by atoms with Crippen molar-refractivity contribution < 1.29 is 14.3 Å². The first-order valence-corrected chi connectivity index (χ1v) is 11.6. The van der Waals surface area contributed by atoms with Crippen LogP contribution in [-0.2, 0) is 9.53 Å². The van der Waals surface area contributed by atoms with E-state index in [1.807, 2.05) is 4.90 Å². The van der Waals surface area contributed by atoms with Crippen LogP contribution >= 0.6 is 11.6 Å². The SMILES string of the molecule is CO[C@@H](C)[C@@H](NC(=O)Nc1ccc(Cl)cc1)C(=O)N1CCC(C2CCN(C)CC2)CC1. The van der Waals surface area contributed by atoms with Crippen LogP contribution in [0.2, 0.25) is 5.02 Å². The van der Waals surface area contributed by atoms with Gasteiger partial charge in [-0.05, 0) is 88.8 Å². The first-order chi connectivity index (χ1) is 14.9. The molecule has 2 atom stereocenters. The Balaban J connectivity index is 1.54. The van der Waals surface area contributed by atoms with E-state index in [4.69, 9.17) is 16.3 Å². The lowest BCUT2D eigenvalue weighted by molar-refractivity contribution is -0.138. The molecule has 0 saturated carbocycles. The summed E-state index contributed by atoms with van der Waals surface area (Å²) in [5.41, 5.74) is 0.608. The second-order valence-corrected chi connectivity index (χ2v) is 9.26. The Morgan fingerprint density at radius 1 is 1.03 bits per heavy atom. The van der Waals surface area contributed by atoms with Crippen LogP contribution in [0.3, 0.4) is 0 Å². The van der Waals surface area contributed by atoms with E-state index < -0.39 is 18.2 Å². The van der Waals surface area contributed by atoms with Crippen LogP contribution in [0.25, 0.3) is 0 Å². The molecule has 0 aliphatic carbocycles. The van der Waals surface area contributed by atoms with E-state index in [1.54, 1.807) is 38.3 Å². The average molecular weight is 451 g/mol. The maximum atomic E-state index is 13.2. The van der Waals surface area contributed by atoms with Gasteiger partial charge >= 0.3 is 6.03 Å². The van der Waals surface area contributed by atoms with Gasteiger partial charge in [0.2, 0.25) is 5.91 Å². The number of anilines is 1. The molecule has 31 heavy (non-hydrogen) atoms.